The van der Waals surface area contributed by atoms with Gasteiger partial charge in [-0.05, 0) is 26.3 Å². The smallest absolute Gasteiger partial charge is 0.275 e. The number of halogens is 4. The van der Waals surface area contributed by atoms with Gasteiger partial charge in [0.1, 0.15) is 5.69 Å². The van der Waals surface area contributed by atoms with E-state index in [-0.39, 0.29) is 22.5 Å². The Kier molecular flexibility index (Phi) is 6.98. The number of aromatic nitrogens is 6. The van der Waals surface area contributed by atoms with Gasteiger partial charge in [-0.2, -0.15) is 5.10 Å². The second kappa shape index (κ2) is 10.4. The summed E-state index contributed by atoms with van der Waals surface area (Å²) >= 11 is 5.80. The molecule has 4 aromatic rings. The molecule has 38 heavy (non-hydrogen) atoms. The van der Waals surface area contributed by atoms with Crippen LogP contribution < -0.4 is 10.2 Å². The van der Waals surface area contributed by atoms with Gasteiger partial charge in [-0.25, -0.2) is 28.1 Å². The van der Waals surface area contributed by atoms with Crippen molar-refractivity contribution in [2.24, 2.45) is 0 Å². The molecule has 1 amide bonds. The number of alkyl halides is 2. The minimum absolute atomic E-state index is 0.200. The maximum Gasteiger partial charge on any atom is 0.275 e. The summed E-state index contributed by atoms with van der Waals surface area (Å²) in [5, 5.41) is 6.64. The van der Waals surface area contributed by atoms with Crippen LogP contribution >= 0.6 is 11.6 Å². The van der Waals surface area contributed by atoms with E-state index in [4.69, 9.17) is 11.6 Å². The van der Waals surface area contributed by atoms with E-state index in [9.17, 15) is 18.0 Å². The molecule has 13 heteroatoms. The standard InChI is InChI=1S/C25H22ClF3N8O/c1-13-17(9-31-25(33-13)36-6-3-7-36)14(2)37-12-15(8-32-37)34-24(38)20-11-30-10-19(35-20)21-16(23(28)29)4-5-18(26)22(21)27/h4-5,8-12,14,23H,3,6-7H2,1-2H3,(H,34,38). The lowest BCUT2D eigenvalue weighted by Gasteiger charge is -2.31. The summed E-state index contributed by atoms with van der Waals surface area (Å²) in [6.45, 7) is 5.75. The lowest BCUT2D eigenvalue weighted by Crippen LogP contribution is -2.38. The first-order chi connectivity index (χ1) is 18.2. The van der Waals surface area contributed by atoms with Crippen molar-refractivity contribution >= 4 is 29.1 Å². The molecule has 0 radical (unpaired) electrons. The van der Waals surface area contributed by atoms with Gasteiger partial charge in [0.25, 0.3) is 12.3 Å². The van der Waals surface area contributed by atoms with Crippen molar-refractivity contribution in [3.05, 3.63) is 76.5 Å². The van der Waals surface area contributed by atoms with Gasteiger partial charge in [-0.1, -0.05) is 17.7 Å². The van der Waals surface area contributed by atoms with E-state index < -0.39 is 29.3 Å². The first-order valence-electron chi connectivity index (χ1n) is 11.8. The van der Waals surface area contributed by atoms with Crippen LogP contribution in [0.5, 0.6) is 0 Å². The van der Waals surface area contributed by atoms with E-state index in [0.29, 0.717) is 11.6 Å². The third-order valence-electron chi connectivity index (χ3n) is 6.34. The molecular formula is C25H22ClF3N8O. The third kappa shape index (κ3) is 4.91. The summed E-state index contributed by atoms with van der Waals surface area (Å²) in [4.78, 5) is 32.0. The Bertz CT molecular complexity index is 1510. The van der Waals surface area contributed by atoms with E-state index in [0.717, 1.165) is 55.3 Å². The molecule has 0 aliphatic carbocycles. The van der Waals surface area contributed by atoms with E-state index in [1.165, 1.54) is 6.20 Å². The van der Waals surface area contributed by atoms with Crippen molar-refractivity contribution in [1.82, 2.24) is 29.7 Å². The molecular weight excluding hydrogens is 521 g/mol. The normalized spacial score (nSPS) is 13.9. The van der Waals surface area contributed by atoms with E-state index >= 15 is 0 Å². The molecule has 1 fully saturated rings. The number of carbonyl (C=O) groups is 1. The highest BCUT2D eigenvalue weighted by atomic mass is 35.5. The Morgan fingerprint density at radius 3 is 2.58 bits per heavy atom. The summed E-state index contributed by atoms with van der Waals surface area (Å²) in [6.07, 6.45) is 5.27. The minimum atomic E-state index is -2.98. The molecule has 1 atom stereocenters. The average Bonchev–Trinajstić information content (AvgIpc) is 3.32. The number of benzene rings is 1. The number of amides is 1. The zero-order valence-corrected chi connectivity index (χ0v) is 21.1. The van der Waals surface area contributed by atoms with Crippen LogP contribution in [0.25, 0.3) is 11.3 Å². The molecule has 0 spiro atoms. The summed E-state index contributed by atoms with van der Waals surface area (Å²) < 4.78 is 43.3. The molecule has 1 aromatic carbocycles. The predicted octanol–water partition coefficient (Wildman–Crippen LogP) is 5.24. The van der Waals surface area contributed by atoms with Crippen LogP contribution in [0.2, 0.25) is 5.02 Å². The molecule has 1 saturated heterocycles. The van der Waals surface area contributed by atoms with Crippen LogP contribution in [0.15, 0.2) is 43.1 Å². The largest absolute Gasteiger partial charge is 0.341 e. The van der Waals surface area contributed by atoms with Crippen molar-refractivity contribution in [1.29, 1.82) is 0 Å². The molecule has 1 N–H and O–H groups in total. The number of aryl methyl sites for hydroxylation is 1. The average molecular weight is 543 g/mol. The van der Waals surface area contributed by atoms with Crippen LogP contribution in [0.3, 0.4) is 0 Å². The van der Waals surface area contributed by atoms with Crippen LogP contribution in [0, 0.1) is 12.7 Å². The predicted molar refractivity (Wildman–Crippen MR) is 135 cm³/mol. The van der Waals surface area contributed by atoms with Crippen molar-refractivity contribution in [3.63, 3.8) is 0 Å². The number of nitrogens with zero attached hydrogens (tertiary/aromatic N) is 7. The molecule has 0 bridgehead atoms. The van der Waals surface area contributed by atoms with Crippen molar-refractivity contribution in [3.8, 4) is 11.3 Å². The van der Waals surface area contributed by atoms with E-state index in [2.05, 4.69) is 35.3 Å². The lowest BCUT2D eigenvalue weighted by molar-refractivity contribution is 0.102. The summed E-state index contributed by atoms with van der Waals surface area (Å²) in [5.41, 5.74) is 0.529. The monoisotopic (exact) mass is 542 g/mol. The van der Waals surface area contributed by atoms with Gasteiger partial charge in [-0.15, -0.1) is 0 Å². The molecule has 1 aliphatic heterocycles. The van der Waals surface area contributed by atoms with Gasteiger partial charge in [0.15, 0.2) is 5.82 Å². The maximum absolute atomic E-state index is 14.7. The molecule has 3 aromatic heterocycles. The number of nitrogens with one attached hydrogen (secondary N) is 1. The molecule has 1 unspecified atom stereocenters. The summed E-state index contributed by atoms with van der Waals surface area (Å²) in [6, 6.07) is 1.84. The van der Waals surface area contributed by atoms with Crippen LogP contribution in [-0.4, -0.2) is 48.7 Å². The number of anilines is 2. The Labute approximate surface area is 220 Å². The van der Waals surface area contributed by atoms with Crippen molar-refractivity contribution in [2.45, 2.75) is 32.7 Å². The zero-order chi connectivity index (χ0) is 27.0. The molecule has 9 nitrogen and oxygen atoms in total. The quantitative estimate of drug-likeness (QED) is 0.341. The number of hydrogen-bond donors (Lipinski definition) is 1. The fourth-order valence-corrected chi connectivity index (χ4v) is 4.26. The molecule has 0 saturated carbocycles. The molecule has 4 heterocycles. The Morgan fingerprint density at radius 1 is 1.11 bits per heavy atom. The SMILES string of the molecule is Cc1nc(N2CCC2)ncc1C(C)n1cc(NC(=O)c2cncc(-c3c(C(F)F)ccc(Cl)c3F)n2)cn1. The highest BCUT2D eigenvalue weighted by molar-refractivity contribution is 6.31. The summed E-state index contributed by atoms with van der Waals surface area (Å²) in [5.74, 6) is -1.03. The van der Waals surface area contributed by atoms with Gasteiger partial charge in [-0.3, -0.25) is 14.5 Å². The minimum Gasteiger partial charge on any atom is -0.341 e. The van der Waals surface area contributed by atoms with Crippen LogP contribution in [-0.2, 0) is 0 Å². The van der Waals surface area contributed by atoms with Crippen molar-refractivity contribution in [2.75, 3.05) is 23.3 Å². The topological polar surface area (TPSA) is 102 Å². The number of hydrogen-bond acceptors (Lipinski definition) is 7. The second-order valence-electron chi connectivity index (χ2n) is 8.81. The van der Waals surface area contributed by atoms with Crippen LogP contribution in [0.1, 0.15) is 53.1 Å². The van der Waals surface area contributed by atoms with Gasteiger partial charge in [0.2, 0.25) is 5.95 Å². The fourth-order valence-electron chi connectivity index (χ4n) is 4.10. The zero-order valence-electron chi connectivity index (χ0n) is 20.4. The summed E-state index contributed by atoms with van der Waals surface area (Å²) in [7, 11) is 0. The van der Waals surface area contributed by atoms with E-state index in [1.807, 2.05) is 13.8 Å². The van der Waals surface area contributed by atoms with Gasteiger partial charge in [0.05, 0.1) is 41.0 Å². The molecule has 196 valence electrons. The van der Waals surface area contributed by atoms with Crippen LogP contribution in [0.4, 0.5) is 24.8 Å². The Hall–Kier alpha value is -4.06. The third-order valence-corrected chi connectivity index (χ3v) is 6.63. The number of rotatable bonds is 7. The van der Waals surface area contributed by atoms with E-state index in [1.54, 1.807) is 17.1 Å². The first kappa shape index (κ1) is 25.6. The van der Waals surface area contributed by atoms with Gasteiger partial charge in [0, 0.05) is 47.9 Å². The first-order valence-corrected chi connectivity index (χ1v) is 12.1. The van der Waals surface area contributed by atoms with Gasteiger partial charge < -0.3 is 10.2 Å². The Balaban J connectivity index is 1.34. The lowest BCUT2D eigenvalue weighted by atomic mass is 10.0. The Morgan fingerprint density at radius 2 is 1.89 bits per heavy atom. The van der Waals surface area contributed by atoms with Gasteiger partial charge >= 0.3 is 0 Å². The maximum atomic E-state index is 14.7. The number of carbonyl (C=O) groups excluding carboxylic acids is 1. The molecule has 5 rings (SSSR count). The van der Waals surface area contributed by atoms with Crippen molar-refractivity contribution < 1.29 is 18.0 Å². The fraction of sp³-hybridized carbons (Fsp3) is 0.280. The molecule has 1 aliphatic rings. The highest BCUT2D eigenvalue weighted by Gasteiger charge is 2.23. The second-order valence-corrected chi connectivity index (χ2v) is 9.21. The highest BCUT2D eigenvalue weighted by Crippen LogP contribution is 2.35.